The van der Waals surface area contributed by atoms with Crippen LogP contribution in [0.25, 0.3) is 21.5 Å². The molecule has 1 nitrogen and oxygen atoms in total. The van der Waals surface area contributed by atoms with Gasteiger partial charge >= 0.3 is 6.18 Å². The number of hydrogen-bond acceptors (Lipinski definition) is 1. The van der Waals surface area contributed by atoms with E-state index in [1.807, 2.05) is 23.6 Å². The summed E-state index contributed by atoms with van der Waals surface area (Å²) in [6.45, 7) is 0. The van der Waals surface area contributed by atoms with E-state index in [4.69, 9.17) is 0 Å². The number of benzene rings is 1. The first kappa shape index (κ1) is 12.3. The molecule has 0 spiro atoms. The van der Waals surface area contributed by atoms with E-state index >= 15 is 0 Å². The number of hydrogen-bond donors (Lipinski definition) is 1. The lowest BCUT2D eigenvalue weighted by molar-refractivity contribution is -0.126. The number of H-pyrrole nitrogens is 1. The van der Waals surface area contributed by atoms with Crippen molar-refractivity contribution in [1.82, 2.24) is 4.98 Å². The maximum Gasteiger partial charge on any atom is 0.393 e. The standard InChI is InChI=1S/C14H10F3NS/c15-14(16,17)8-10-9-4-1-2-5-11(9)18-13(10)12-6-3-7-19-12/h1-7,18H,8H2. The largest absolute Gasteiger partial charge is 0.393 e. The maximum absolute atomic E-state index is 12.8. The van der Waals surface area contributed by atoms with Gasteiger partial charge < -0.3 is 4.98 Å². The van der Waals surface area contributed by atoms with Crippen LogP contribution >= 0.6 is 11.3 Å². The number of para-hydroxylation sites is 1. The molecular formula is C14H10F3NS. The van der Waals surface area contributed by atoms with Crippen molar-refractivity contribution in [3.05, 3.63) is 47.3 Å². The topological polar surface area (TPSA) is 15.8 Å². The lowest BCUT2D eigenvalue weighted by atomic mass is 10.1. The van der Waals surface area contributed by atoms with E-state index in [1.165, 1.54) is 11.3 Å². The number of fused-ring (bicyclic) bond motifs is 1. The van der Waals surface area contributed by atoms with Crippen LogP contribution in [0.1, 0.15) is 5.56 Å². The highest BCUT2D eigenvalue weighted by Gasteiger charge is 2.31. The van der Waals surface area contributed by atoms with Gasteiger partial charge in [-0.15, -0.1) is 11.3 Å². The highest BCUT2D eigenvalue weighted by molar-refractivity contribution is 7.13. The summed E-state index contributed by atoms with van der Waals surface area (Å²) < 4.78 is 38.3. The van der Waals surface area contributed by atoms with Crippen LogP contribution < -0.4 is 0 Å². The van der Waals surface area contributed by atoms with Gasteiger partial charge in [0, 0.05) is 10.9 Å². The lowest BCUT2D eigenvalue weighted by Gasteiger charge is -2.07. The van der Waals surface area contributed by atoms with Gasteiger partial charge in [0.1, 0.15) is 0 Å². The summed E-state index contributed by atoms with van der Waals surface area (Å²) in [4.78, 5) is 3.93. The van der Waals surface area contributed by atoms with Crippen molar-refractivity contribution in [3.8, 4) is 10.6 Å². The van der Waals surface area contributed by atoms with Crippen molar-refractivity contribution in [1.29, 1.82) is 0 Å². The summed E-state index contributed by atoms with van der Waals surface area (Å²) >= 11 is 1.43. The molecule has 0 aliphatic carbocycles. The molecule has 2 aromatic heterocycles. The highest BCUT2D eigenvalue weighted by Crippen LogP contribution is 2.36. The van der Waals surface area contributed by atoms with E-state index < -0.39 is 12.6 Å². The Balaban J connectivity index is 2.23. The number of rotatable bonds is 2. The molecule has 3 aromatic rings. The fourth-order valence-corrected chi connectivity index (χ4v) is 2.97. The van der Waals surface area contributed by atoms with Gasteiger partial charge in [0.2, 0.25) is 0 Å². The average molecular weight is 281 g/mol. The van der Waals surface area contributed by atoms with Gasteiger partial charge in [0.15, 0.2) is 0 Å². The van der Waals surface area contributed by atoms with E-state index in [9.17, 15) is 13.2 Å². The van der Waals surface area contributed by atoms with E-state index in [1.54, 1.807) is 18.2 Å². The third-order valence-corrected chi connectivity index (χ3v) is 3.85. The number of halogens is 3. The predicted molar refractivity (Wildman–Crippen MR) is 71.4 cm³/mol. The summed E-state index contributed by atoms with van der Waals surface area (Å²) in [6.07, 6.45) is -5.12. The molecular weight excluding hydrogens is 271 g/mol. The Labute approximate surface area is 111 Å². The molecule has 0 atom stereocenters. The Kier molecular flexibility index (Phi) is 2.86. The molecule has 0 saturated heterocycles. The third kappa shape index (κ3) is 2.38. The van der Waals surface area contributed by atoms with Crippen LogP contribution in [-0.4, -0.2) is 11.2 Å². The number of nitrogens with one attached hydrogen (secondary N) is 1. The van der Waals surface area contributed by atoms with Crippen LogP contribution in [0.4, 0.5) is 13.2 Å². The first-order valence-electron chi connectivity index (χ1n) is 5.75. The Morgan fingerprint density at radius 3 is 2.53 bits per heavy atom. The fourth-order valence-electron chi connectivity index (χ4n) is 2.22. The maximum atomic E-state index is 12.8. The molecule has 0 aliphatic heterocycles. The minimum Gasteiger partial charge on any atom is -0.354 e. The van der Waals surface area contributed by atoms with Gasteiger partial charge in [0.25, 0.3) is 0 Å². The van der Waals surface area contributed by atoms with Crippen molar-refractivity contribution >= 4 is 22.2 Å². The second-order valence-corrected chi connectivity index (χ2v) is 5.24. The quantitative estimate of drug-likeness (QED) is 0.680. The molecule has 0 fully saturated rings. The zero-order valence-corrected chi connectivity index (χ0v) is 10.6. The normalized spacial score (nSPS) is 12.2. The summed E-state index contributed by atoms with van der Waals surface area (Å²) in [5.74, 6) is 0. The molecule has 1 N–H and O–H groups in total. The minimum absolute atomic E-state index is 0.325. The molecule has 0 radical (unpaired) electrons. The first-order valence-corrected chi connectivity index (χ1v) is 6.63. The van der Waals surface area contributed by atoms with Gasteiger partial charge in [-0.25, -0.2) is 0 Å². The Morgan fingerprint density at radius 1 is 1.05 bits per heavy atom. The van der Waals surface area contributed by atoms with Crippen LogP contribution in [0.15, 0.2) is 41.8 Å². The number of thiophene rings is 1. The van der Waals surface area contributed by atoms with Gasteiger partial charge in [-0.05, 0) is 23.1 Å². The van der Waals surface area contributed by atoms with Crippen molar-refractivity contribution in [2.45, 2.75) is 12.6 Å². The van der Waals surface area contributed by atoms with Crippen LogP contribution in [0.2, 0.25) is 0 Å². The average Bonchev–Trinajstić information content (AvgIpc) is 2.95. The zero-order valence-electron chi connectivity index (χ0n) is 9.79. The van der Waals surface area contributed by atoms with Crippen molar-refractivity contribution in [2.24, 2.45) is 0 Å². The predicted octanol–water partition coefficient (Wildman–Crippen LogP) is 5.00. The first-order chi connectivity index (χ1) is 9.04. The molecule has 0 unspecified atom stereocenters. The molecule has 0 bridgehead atoms. The number of aromatic amines is 1. The van der Waals surface area contributed by atoms with E-state index in [0.717, 1.165) is 10.4 Å². The molecule has 5 heteroatoms. The SMILES string of the molecule is FC(F)(F)Cc1c(-c2cccs2)[nH]c2ccccc12. The second kappa shape index (κ2) is 4.42. The van der Waals surface area contributed by atoms with Crippen molar-refractivity contribution in [3.63, 3.8) is 0 Å². The van der Waals surface area contributed by atoms with Crippen LogP contribution in [-0.2, 0) is 6.42 Å². The summed E-state index contributed by atoms with van der Waals surface area (Å²) in [5.41, 5.74) is 1.64. The molecule has 19 heavy (non-hydrogen) atoms. The smallest absolute Gasteiger partial charge is 0.354 e. The van der Waals surface area contributed by atoms with Gasteiger partial charge in [-0.2, -0.15) is 13.2 Å². The number of alkyl halides is 3. The molecule has 0 amide bonds. The Hall–Kier alpha value is -1.75. The zero-order chi connectivity index (χ0) is 13.5. The van der Waals surface area contributed by atoms with Crippen molar-refractivity contribution < 1.29 is 13.2 Å². The van der Waals surface area contributed by atoms with Crippen LogP contribution in [0.5, 0.6) is 0 Å². The molecule has 2 heterocycles. The third-order valence-electron chi connectivity index (χ3n) is 2.96. The van der Waals surface area contributed by atoms with Gasteiger partial charge in [-0.1, -0.05) is 24.3 Å². The summed E-state index contributed by atoms with van der Waals surface area (Å²) in [6, 6.07) is 10.8. The second-order valence-electron chi connectivity index (χ2n) is 4.29. The Morgan fingerprint density at radius 2 is 1.84 bits per heavy atom. The lowest BCUT2D eigenvalue weighted by Crippen LogP contribution is -2.11. The van der Waals surface area contributed by atoms with E-state index in [2.05, 4.69) is 4.98 Å². The minimum atomic E-state index is -4.21. The molecule has 98 valence electrons. The van der Waals surface area contributed by atoms with E-state index in [-0.39, 0.29) is 0 Å². The van der Waals surface area contributed by atoms with E-state index in [0.29, 0.717) is 16.6 Å². The Bertz CT molecular complexity index is 695. The molecule has 0 saturated carbocycles. The summed E-state index contributed by atoms with van der Waals surface area (Å²) in [7, 11) is 0. The van der Waals surface area contributed by atoms with Crippen LogP contribution in [0, 0.1) is 0 Å². The monoisotopic (exact) mass is 281 g/mol. The molecule has 3 rings (SSSR count). The molecule has 0 aliphatic rings. The fraction of sp³-hybridized carbons (Fsp3) is 0.143. The highest BCUT2D eigenvalue weighted by atomic mass is 32.1. The molecule has 1 aromatic carbocycles. The van der Waals surface area contributed by atoms with Crippen molar-refractivity contribution in [2.75, 3.05) is 0 Å². The number of aromatic nitrogens is 1. The van der Waals surface area contributed by atoms with Gasteiger partial charge in [0.05, 0.1) is 17.0 Å². The van der Waals surface area contributed by atoms with Crippen LogP contribution in [0.3, 0.4) is 0 Å². The summed E-state index contributed by atoms with van der Waals surface area (Å²) in [5, 5.41) is 2.50. The van der Waals surface area contributed by atoms with Gasteiger partial charge in [-0.3, -0.25) is 0 Å².